The smallest absolute Gasteiger partial charge is 0.309 e. The van der Waals surface area contributed by atoms with Crippen molar-refractivity contribution in [3.05, 3.63) is 48.5 Å². The van der Waals surface area contributed by atoms with E-state index >= 15 is 0 Å². The number of hydrogen-bond donors (Lipinski definition) is 1. The first kappa shape index (κ1) is 16.7. The molecule has 0 aliphatic carbocycles. The fourth-order valence-corrected chi connectivity index (χ4v) is 2.23. The molecule has 3 aromatic rings. The zero-order chi connectivity index (χ0) is 17.4. The van der Waals surface area contributed by atoms with E-state index in [2.05, 4.69) is 4.98 Å². The molecule has 1 aromatic heterocycles. The molecule has 0 radical (unpaired) electrons. The zero-order valence-corrected chi connectivity index (χ0v) is 14.5. The third kappa shape index (κ3) is 3.37. The van der Waals surface area contributed by atoms with Crippen LogP contribution in [0, 0.1) is 0 Å². The lowest BCUT2D eigenvalue weighted by Gasteiger charge is -2.37. The molecular formula is C19H22BNO3. The van der Waals surface area contributed by atoms with E-state index in [-0.39, 0.29) is 0 Å². The molecular weight excluding hydrogens is 301 g/mol. The third-order valence-electron chi connectivity index (χ3n) is 4.54. The van der Waals surface area contributed by atoms with Gasteiger partial charge in [0.25, 0.3) is 0 Å². The van der Waals surface area contributed by atoms with Crippen LogP contribution in [0.5, 0.6) is 0 Å². The van der Waals surface area contributed by atoms with E-state index in [1.54, 1.807) is 13.8 Å². The van der Waals surface area contributed by atoms with Gasteiger partial charge in [-0.3, -0.25) is 0 Å². The summed E-state index contributed by atoms with van der Waals surface area (Å²) < 4.78 is 11.7. The highest BCUT2D eigenvalue weighted by Gasteiger charge is 2.35. The number of rotatable bonds is 5. The molecule has 0 saturated carbocycles. The van der Waals surface area contributed by atoms with Gasteiger partial charge in [-0.05, 0) is 45.9 Å². The first-order chi connectivity index (χ1) is 11.3. The zero-order valence-electron chi connectivity index (χ0n) is 14.5. The van der Waals surface area contributed by atoms with Crippen LogP contribution >= 0.6 is 0 Å². The summed E-state index contributed by atoms with van der Waals surface area (Å²) >= 11 is 0. The predicted molar refractivity (Wildman–Crippen MR) is 97.7 cm³/mol. The second-order valence-electron chi connectivity index (χ2n) is 7.05. The number of nitrogens with zero attached hydrogens (tertiary/aromatic N) is 1. The summed E-state index contributed by atoms with van der Waals surface area (Å²) in [4.78, 5) is 4.52. The lowest BCUT2D eigenvalue weighted by atomic mass is 9.82. The fourth-order valence-electron chi connectivity index (χ4n) is 2.23. The summed E-state index contributed by atoms with van der Waals surface area (Å²) in [5.41, 5.74) is 1.96. The largest absolute Gasteiger partial charge is 0.436 e. The van der Waals surface area contributed by atoms with Gasteiger partial charge in [0.2, 0.25) is 5.89 Å². The van der Waals surface area contributed by atoms with Gasteiger partial charge < -0.3 is 14.2 Å². The van der Waals surface area contributed by atoms with Crippen molar-refractivity contribution in [2.24, 2.45) is 0 Å². The number of para-hydroxylation sites is 2. The van der Waals surface area contributed by atoms with Crippen LogP contribution in [0.1, 0.15) is 27.7 Å². The number of aliphatic hydroxyl groups is 1. The highest BCUT2D eigenvalue weighted by atomic mass is 16.5. The normalized spacial score (nSPS) is 12.5. The Hall–Kier alpha value is -2.11. The Morgan fingerprint density at radius 3 is 2.50 bits per heavy atom. The van der Waals surface area contributed by atoms with E-state index in [1.807, 2.05) is 62.4 Å². The fraction of sp³-hybridized carbons (Fsp3) is 0.316. The summed E-state index contributed by atoms with van der Waals surface area (Å²) in [6.45, 7) is 7.28. The molecule has 0 bridgehead atoms. The van der Waals surface area contributed by atoms with Crippen molar-refractivity contribution in [2.75, 3.05) is 0 Å². The summed E-state index contributed by atoms with van der Waals surface area (Å²) in [7, 11) is 0.408. The molecule has 0 unspecified atom stereocenters. The Bertz CT molecular complexity index is 816. The first-order valence-electron chi connectivity index (χ1n) is 8.07. The molecule has 2 aromatic carbocycles. The maximum absolute atomic E-state index is 10.2. The van der Waals surface area contributed by atoms with Crippen LogP contribution in [-0.2, 0) is 4.65 Å². The van der Waals surface area contributed by atoms with Crippen LogP contribution in [-0.4, -0.2) is 28.8 Å². The Labute approximate surface area is 142 Å². The van der Waals surface area contributed by atoms with Crippen LogP contribution in [0.2, 0.25) is 0 Å². The SMILES string of the molecule is CC(C)(O)C(C)(C)OBc1cccc(-c2nc3ccccc3o2)c1. The van der Waals surface area contributed by atoms with Crippen molar-refractivity contribution in [1.82, 2.24) is 4.98 Å². The number of aromatic nitrogens is 1. The maximum atomic E-state index is 10.2. The molecule has 4 nitrogen and oxygen atoms in total. The maximum Gasteiger partial charge on any atom is 0.309 e. The number of benzene rings is 2. The van der Waals surface area contributed by atoms with Crippen LogP contribution < -0.4 is 5.46 Å². The van der Waals surface area contributed by atoms with E-state index in [4.69, 9.17) is 9.07 Å². The van der Waals surface area contributed by atoms with Gasteiger partial charge in [0.05, 0.1) is 11.2 Å². The van der Waals surface area contributed by atoms with Gasteiger partial charge in [0.15, 0.2) is 5.58 Å². The van der Waals surface area contributed by atoms with E-state index < -0.39 is 11.2 Å². The number of hydrogen-bond acceptors (Lipinski definition) is 4. The second kappa shape index (κ2) is 6.08. The quantitative estimate of drug-likeness (QED) is 0.733. The molecule has 0 atom stereocenters. The van der Waals surface area contributed by atoms with Crippen LogP contribution in [0.25, 0.3) is 22.6 Å². The molecule has 0 saturated heterocycles. The van der Waals surface area contributed by atoms with Crippen molar-refractivity contribution in [2.45, 2.75) is 38.9 Å². The van der Waals surface area contributed by atoms with Gasteiger partial charge in [-0.1, -0.05) is 35.8 Å². The van der Waals surface area contributed by atoms with E-state index in [9.17, 15) is 5.11 Å². The molecule has 0 aliphatic rings. The monoisotopic (exact) mass is 323 g/mol. The van der Waals surface area contributed by atoms with Crippen molar-refractivity contribution < 1.29 is 14.2 Å². The number of oxazole rings is 1. The molecule has 1 heterocycles. The van der Waals surface area contributed by atoms with Crippen molar-refractivity contribution in [1.29, 1.82) is 0 Å². The minimum atomic E-state index is -0.926. The Morgan fingerprint density at radius 1 is 1.04 bits per heavy atom. The lowest BCUT2D eigenvalue weighted by Crippen LogP contribution is -2.49. The van der Waals surface area contributed by atoms with E-state index in [0.29, 0.717) is 13.4 Å². The van der Waals surface area contributed by atoms with Crippen LogP contribution in [0.15, 0.2) is 52.9 Å². The van der Waals surface area contributed by atoms with Gasteiger partial charge in [0.1, 0.15) is 5.52 Å². The Morgan fingerprint density at radius 2 is 1.79 bits per heavy atom. The molecule has 24 heavy (non-hydrogen) atoms. The molecule has 5 heteroatoms. The summed E-state index contributed by atoms with van der Waals surface area (Å²) in [6.07, 6.45) is 0. The first-order valence-corrected chi connectivity index (χ1v) is 8.07. The van der Waals surface area contributed by atoms with E-state index in [0.717, 1.165) is 22.1 Å². The molecule has 0 amide bonds. The molecule has 3 rings (SSSR count). The van der Waals surface area contributed by atoms with Crippen LogP contribution in [0.3, 0.4) is 0 Å². The molecule has 0 spiro atoms. The summed E-state index contributed by atoms with van der Waals surface area (Å²) in [5.74, 6) is 0.597. The topological polar surface area (TPSA) is 55.5 Å². The molecule has 124 valence electrons. The minimum Gasteiger partial charge on any atom is -0.436 e. The average molecular weight is 323 g/mol. The standard InChI is InChI=1S/C19H22BNO3/c1-18(2,22)19(3,4)24-20-14-9-7-8-13(12-14)17-21-15-10-5-6-11-16(15)23-17/h5-12,20,22H,1-4H3. The van der Waals surface area contributed by atoms with Crippen molar-refractivity contribution >= 4 is 24.0 Å². The van der Waals surface area contributed by atoms with Crippen molar-refractivity contribution in [3.63, 3.8) is 0 Å². The van der Waals surface area contributed by atoms with Crippen molar-refractivity contribution in [3.8, 4) is 11.5 Å². The highest BCUT2D eigenvalue weighted by Crippen LogP contribution is 2.25. The lowest BCUT2D eigenvalue weighted by molar-refractivity contribution is -0.0893. The predicted octanol–water partition coefficient (Wildman–Crippen LogP) is 3.04. The van der Waals surface area contributed by atoms with Gasteiger partial charge >= 0.3 is 7.48 Å². The van der Waals surface area contributed by atoms with Gasteiger partial charge in [-0.15, -0.1) is 0 Å². The molecule has 0 fully saturated rings. The Balaban J connectivity index is 1.82. The van der Waals surface area contributed by atoms with Crippen LogP contribution in [0.4, 0.5) is 0 Å². The van der Waals surface area contributed by atoms with Gasteiger partial charge in [-0.25, -0.2) is 4.98 Å². The third-order valence-corrected chi connectivity index (χ3v) is 4.54. The minimum absolute atomic E-state index is 0.408. The van der Waals surface area contributed by atoms with Gasteiger partial charge in [0, 0.05) is 5.56 Å². The summed E-state index contributed by atoms with van der Waals surface area (Å²) in [5, 5.41) is 10.2. The highest BCUT2D eigenvalue weighted by molar-refractivity contribution is 6.47. The summed E-state index contributed by atoms with van der Waals surface area (Å²) in [6, 6.07) is 15.6. The molecule has 1 N–H and O–H groups in total. The van der Waals surface area contributed by atoms with Gasteiger partial charge in [-0.2, -0.15) is 0 Å². The Kier molecular flexibility index (Phi) is 4.24. The molecule has 0 aliphatic heterocycles. The van der Waals surface area contributed by atoms with E-state index in [1.165, 1.54) is 0 Å². The number of fused-ring (bicyclic) bond motifs is 1. The second-order valence-corrected chi connectivity index (χ2v) is 7.05. The average Bonchev–Trinajstić information content (AvgIpc) is 2.96.